The number of carbonyl (C=O) groups excluding carboxylic acids is 2. The minimum absolute atomic E-state index is 0.0739. The zero-order valence-corrected chi connectivity index (χ0v) is 14.8. The summed E-state index contributed by atoms with van der Waals surface area (Å²) in [4.78, 5) is 27.7. The first-order valence-corrected chi connectivity index (χ1v) is 8.65. The average Bonchev–Trinajstić information content (AvgIpc) is 2.99. The van der Waals surface area contributed by atoms with E-state index in [2.05, 4.69) is 4.74 Å². The third kappa shape index (κ3) is 3.87. The van der Waals surface area contributed by atoms with Gasteiger partial charge in [-0.05, 0) is 18.6 Å². The van der Waals surface area contributed by atoms with Gasteiger partial charge in [0.15, 0.2) is 0 Å². The van der Waals surface area contributed by atoms with Crippen molar-refractivity contribution in [3.05, 3.63) is 29.8 Å². The molecular weight excluding hydrogens is 365 g/mol. The second-order valence-electron chi connectivity index (χ2n) is 7.16. The standard InChI is InChI=1S/C18H21F3N2O4/c1-12(25)22-7-6-17(11-24)10-23(9-13(17)8-22)16(26)14-4-2-3-5-15(14)27-18(19,20)21/h2-5,13,24H,6-11H2,1H3/t13-,17+/m0/s1. The number of ether oxygens (including phenoxy) is 1. The molecule has 1 N–H and O–H groups in total. The molecule has 0 unspecified atom stereocenters. The number of nitrogens with zero attached hydrogens (tertiary/aromatic N) is 2. The lowest BCUT2D eigenvalue weighted by Gasteiger charge is -2.41. The van der Waals surface area contributed by atoms with Gasteiger partial charge in [-0.1, -0.05) is 12.1 Å². The minimum Gasteiger partial charge on any atom is -0.405 e. The average molecular weight is 386 g/mol. The summed E-state index contributed by atoms with van der Waals surface area (Å²) in [6.45, 7) is 2.73. The molecule has 0 spiro atoms. The number of fused-ring (bicyclic) bond motifs is 1. The molecule has 1 aromatic rings. The molecule has 9 heteroatoms. The van der Waals surface area contributed by atoms with Crippen LogP contribution < -0.4 is 4.74 Å². The van der Waals surface area contributed by atoms with Gasteiger partial charge in [-0.25, -0.2) is 0 Å². The van der Waals surface area contributed by atoms with Crippen molar-refractivity contribution in [2.24, 2.45) is 11.3 Å². The van der Waals surface area contributed by atoms with E-state index in [1.807, 2.05) is 0 Å². The molecule has 3 rings (SSSR count). The Morgan fingerprint density at radius 1 is 1.26 bits per heavy atom. The summed E-state index contributed by atoms with van der Waals surface area (Å²) in [6.07, 6.45) is -4.36. The molecule has 2 fully saturated rings. The number of aliphatic hydroxyl groups excluding tert-OH is 1. The monoisotopic (exact) mass is 386 g/mol. The van der Waals surface area contributed by atoms with Gasteiger partial charge in [0, 0.05) is 44.4 Å². The number of likely N-dealkylation sites (tertiary alicyclic amines) is 2. The predicted octanol–water partition coefficient (Wildman–Crippen LogP) is 1.89. The lowest BCUT2D eigenvalue weighted by atomic mass is 9.73. The molecule has 27 heavy (non-hydrogen) atoms. The van der Waals surface area contributed by atoms with E-state index in [4.69, 9.17) is 0 Å². The number of halogens is 3. The molecule has 0 radical (unpaired) electrons. The first-order chi connectivity index (χ1) is 12.6. The van der Waals surface area contributed by atoms with Gasteiger partial charge in [-0.3, -0.25) is 9.59 Å². The number of benzene rings is 1. The lowest BCUT2D eigenvalue weighted by molar-refractivity contribution is -0.274. The van der Waals surface area contributed by atoms with Gasteiger partial charge < -0.3 is 19.6 Å². The van der Waals surface area contributed by atoms with Gasteiger partial charge >= 0.3 is 6.36 Å². The number of para-hydroxylation sites is 1. The van der Waals surface area contributed by atoms with Crippen LogP contribution in [0, 0.1) is 11.3 Å². The maximum absolute atomic E-state index is 12.9. The lowest BCUT2D eigenvalue weighted by Crippen LogP contribution is -2.50. The molecule has 2 amide bonds. The maximum Gasteiger partial charge on any atom is 0.573 e. The van der Waals surface area contributed by atoms with Crippen molar-refractivity contribution in [3.63, 3.8) is 0 Å². The van der Waals surface area contributed by atoms with Crippen molar-refractivity contribution in [1.29, 1.82) is 0 Å². The Kier molecular flexibility index (Phi) is 5.07. The van der Waals surface area contributed by atoms with Crippen LogP contribution in [0.25, 0.3) is 0 Å². The number of alkyl halides is 3. The highest BCUT2D eigenvalue weighted by molar-refractivity contribution is 5.97. The fraction of sp³-hybridized carbons (Fsp3) is 0.556. The van der Waals surface area contributed by atoms with E-state index < -0.39 is 23.4 Å². The molecule has 2 aliphatic heterocycles. The highest BCUT2D eigenvalue weighted by Crippen LogP contribution is 2.43. The van der Waals surface area contributed by atoms with Crippen molar-refractivity contribution in [3.8, 4) is 5.75 Å². The van der Waals surface area contributed by atoms with Crippen LogP contribution in [0.1, 0.15) is 23.7 Å². The first-order valence-electron chi connectivity index (χ1n) is 8.65. The zero-order chi connectivity index (χ0) is 19.8. The summed E-state index contributed by atoms with van der Waals surface area (Å²) in [5, 5.41) is 9.94. The molecule has 0 aromatic heterocycles. The van der Waals surface area contributed by atoms with Gasteiger partial charge in [-0.15, -0.1) is 13.2 Å². The van der Waals surface area contributed by atoms with Crippen LogP contribution in [-0.4, -0.2) is 65.9 Å². The van der Waals surface area contributed by atoms with Gasteiger partial charge in [0.05, 0.1) is 12.2 Å². The normalized spacial score (nSPS) is 25.3. The van der Waals surface area contributed by atoms with E-state index in [-0.39, 0.29) is 37.1 Å². The van der Waals surface area contributed by atoms with Crippen LogP contribution in [0.2, 0.25) is 0 Å². The number of carbonyl (C=O) groups is 2. The smallest absolute Gasteiger partial charge is 0.405 e. The van der Waals surface area contributed by atoms with E-state index in [9.17, 15) is 27.9 Å². The van der Waals surface area contributed by atoms with Gasteiger partial charge in [0.2, 0.25) is 5.91 Å². The number of hydrogen-bond donors (Lipinski definition) is 1. The number of aliphatic hydroxyl groups is 1. The summed E-state index contributed by atoms with van der Waals surface area (Å²) in [6, 6.07) is 5.22. The summed E-state index contributed by atoms with van der Waals surface area (Å²) in [5.41, 5.74) is -0.716. The highest BCUT2D eigenvalue weighted by Gasteiger charge is 2.51. The van der Waals surface area contributed by atoms with E-state index in [0.717, 1.165) is 6.07 Å². The van der Waals surface area contributed by atoms with Crippen molar-refractivity contribution in [2.75, 3.05) is 32.8 Å². The Labute approximate surface area is 154 Å². The molecule has 0 saturated carbocycles. The van der Waals surface area contributed by atoms with E-state index in [1.165, 1.54) is 30.0 Å². The van der Waals surface area contributed by atoms with Crippen LogP contribution in [0.15, 0.2) is 24.3 Å². The quantitative estimate of drug-likeness (QED) is 0.861. The Morgan fingerprint density at radius 3 is 2.56 bits per heavy atom. The zero-order valence-electron chi connectivity index (χ0n) is 14.8. The fourth-order valence-corrected chi connectivity index (χ4v) is 4.01. The third-order valence-electron chi connectivity index (χ3n) is 5.52. The van der Waals surface area contributed by atoms with Crippen LogP contribution in [0.5, 0.6) is 5.75 Å². The minimum atomic E-state index is -4.90. The number of rotatable bonds is 3. The van der Waals surface area contributed by atoms with Crippen LogP contribution in [0.3, 0.4) is 0 Å². The number of hydrogen-bond acceptors (Lipinski definition) is 4. The summed E-state index contributed by atoms with van der Waals surface area (Å²) < 4.78 is 41.8. The van der Waals surface area contributed by atoms with Gasteiger partial charge in [-0.2, -0.15) is 0 Å². The predicted molar refractivity (Wildman–Crippen MR) is 88.9 cm³/mol. The summed E-state index contributed by atoms with van der Waals surface area (Å²) >= 11 is 0. The summed E-state index contributed by atoms with van der Waals surface area (Å²) in [7, 11) is 0. The summed E-state index contributed by atoms with van der Waals surface area (Å²) in [5.74, 6) is -1.32. The van der Waals surface area contributed by atoms with Gasteiger partial charge in [0.25, 0.3) is 5.91 Å². The van der Waals surface area contributed by atoms with Gasteiger partial charge in [0.1, 0.15) is 5.75 Å². The van der Waals surface area contributed by atoms with E-state index in [0.29, 0.717) is 19.5 Å². The first kappa shape index (κ1) is 19.5. The molecule has 6 nitrogen and oxygen atoms in total. The molecule has 1 aromatic carbocycles. The molecule has 2 saturated heterocycles. The van der Waals surface area contributed by atoms with Crippen molar-refractivity contribution in [1.82, 2.24) is 9.80 Å². The molecule has 148 valence electrons. The Bertz CT molecular complexity index is 740. The molecular formula is C18H21F3N2O4. The van der Waals surface area contributed by atoms with E-state index in [1.54, 1.807) is 4.90 Å². The van der Waals surface area contributed by atoms with Crippen LogP contribution in [0.4, 0.5) is 13.2 Å². The Balaban J connectivity index is 1.82. The number of piperidine rings is 1. The SMILES string of the molecule is CC(=O)N1CC[C@]2(CO)CN(C(=O)c3ccccc3OC(F)(F)F)C[C@@H]2C1. The molecule has 2 atom stereocenters. The van der Waals surface area contributed by atoms with Crippen LogP contribution in [-0.2, 0) is 4.79 Å². The fourth-order valence-electron chi connectivity index (χ4n) is 4.01. The largest absolute Gasteiger partial charge is 0.573 e. The topological polar surface area (TPSA) is 70.1 Å². The van der Waals surface area contributed by atoms with Crippen molar-refractivity contribution >= 4 is 11.8 Å². The second kappa shape index (κ2) is 7.03. The second-order valence-corrected chi connectivity index (χ2v) is 7.16. The Morgan fingerprint density at radius 2 is 1.93 bits per heavy atom. The maximum atomic E-state index is 12.9. The molecule has 0 bridgehead atoms. The van der Waals surface area contributed by atoms with E-state index >= 15 is 0 Å². The molecule has 0 aliphatic carbocycles. The van der Waals surface area contributed by atoms with Crippen molar-refractivity contribution < 1.29 is 32.6 Å². The molecule has 2 aliphatic rings. The number of amides is 2. The third-order valence-corrected chi connectivity index (χ3v) is 5.52. The van der Waals surface area contributed by atoms with Crippen LogP contribution >= 0.6 is 0 Å². The highest BCUT2D eigenvalue weighted by atomic mass is 19.4. The Hall–Kier alpha value is -2.29. The van der Waals surface area contributed by atoms with Crippen molar-refractivity contribution in [2.45, 2.75) is 19.7 Å². The molecule has 2 heterocycles.